The fraction of sp³-hybridized carbons (Fsp3) is 0.429. The van der Waals surface area contributed by atoms with E-state index >= 15 is 0 Å². The predicted molar refractivity (Wildman–Crippen MR) is 87.4 cm³/mol. The highest BCUT2D eigenvalue weighted by Gasteiger charge is 2.39. The van der Waals surface area contributed by atoms with E-state index in [1.54, 1.807) is 0 Å². The zero-order chi connectivity index (χ0) is 15.1. The van der Waals surface area contributed by atoms with Gasteiger partial charge in [-0.3, -0.25) is 0 Å². The summed E-state index contributed by atoms with van der Waals surface area (Å²) >= 11 is 12.0. The Kier molecular flexibility index (Phi) is 4.02. The first-order valence-corrected chi connectivity index (χ1v) is 10.1. The van der Waals surface area contributed by atoms with E-state index in [9.17, 15) is 0 Å². The number of fused-ring (bicyclic) bond motifs is 1. The number of hydrogen-bond donors (Lipinski definition) is 0. The van der Waals surface area contributed by atoms with E-state index in [1.807, 2.05) is 18.2 Å². The number of halogens is 2. The molecule has 108 valence electrons. The van der Waals surface area contributed by atoms with Crippen LogP contribution in [0.4, 0.5) is 0 Å². The van der Waals surface area contributed by atoms with Gasteiger partial charge in [-0.15, -0.1) is 0 Å². The van der Waals surface area contributed by atoms with Gasteiger partial charge in [0.15, 0.2) is 0 Å². The highest BCUT2D eigenvalue weighted by atomic mass is 35.5. The van der Waals surface area contributed by atoms with Crippen LogP contribution in [0.1, 0.15) is 20.8 Å². The maximum absolute atomic E-state index is 6.32. The van der Waals surface area contributed by atoms with Crippen molar-refractivity contribution in [2.24, 2.45) is 0 Å². The zero-order valence-corrected chi connectivity index (χ0v) is 14.8. The maximum atomic E-state index is 6.32. The van der Waals surface area contributed by atoms with Gasteiger partial charge < -0.3 is 4.43 Å². The lowest BCUT2D eigenvalue weighted by molar-refractivity contribution is 0.495. The Bertz CT molecular complexity index is 653. The minimum Gasteiger partial charge on any atom is -0.542 e. The van der Waals surface area contributed by atoms with Gasteiger partial charge in [0.1, 0.15) is 16.4 Å². The molecule has 1 aromatic heterocycles. The summed E-state index contributed by atoms with van der Waals surface area (Å²) in [6.45, 7) is 11.0. The fourth-order valence-electron chi connectivity index (χ4n) is 1.57. The molecule has 1 aromatic carbocycles. The largest absolute Gasteiger partial charge is 0.542 e. The molecule has 1 heterocycles. The predicted octanol–water partition coefficient (Wildman–Crippen LogP) is 5.32. The Morgan fingerprint density at radius 2 is 1.75 bits per heavy atom. The summed E-state index contributed by atoms with van der Waals surface area (Å²) in [6, 6.07) is 5.67. The minimum atomic E-state index is -1.94. The summed E-state index contributed by atoms with van der Waals surface area (Å²) in [5.41, 5.74) is 0.669. The van der Waals surface area contributed by atoms with Crippen LogP contribution >= 0.6 is 23.2 Å². The first kappa shape index (κ1) is 15.5. The summed E-state index contributed by atoms with van der Waals surface area (Å²) in [7, 11) is -1.94. The molecule has 0 N–H and O–H groups in total. The zero-order valence-electron chi connectivity index (χ0n) is 12.3. The van der Waals surface area contributed by atoms with Gasteiger partial charge in [0.05, 0.1) is 0 Å². The highest BCUT2D eigenvalue weighted by molar-refractivity contribution is 6.74. The quantitative estimate of drug-likeness (QED) is 0.425. The van der Waals surface area contributed by atoms with E-state index in [0.29, 0.717) is 10.7 Å². The van der Waals surface area contributed by atoms with Crippen LogP contribution in [0.2, 0.25) is 28.6 Å². The number of benzene rings is 1. The summed E-state index contributed by atoms with van der Waals surface area (Å²) in [4.78, 5) is 8.23. The summed E-state index contributed by atoms with van der Waals surface area (Å²) < 4.78 is 6.32. The van der Waals surface area contributed by atoms with Gasteiger partial charge in [0.2, 0.25) is 5.28 Å². The molecule has 0 bridgehead atoms. The van der Waals surface area contributed by atoms with Crippen LogP contribution in [0.25, 0.3) is 10.9 Å². The van der Waals surface area contributed by atoms with Crippen molar-refractivity contribution < 1.29 is 4.43 Å². The molecule has 0 saturated carbocycles. The second-order valence-corrected chi connectivity index (χ2v) is 11.7. The molecule has 20 heavy (non-hydrogen) atoms. The fourth-order valence-corrected chi connectivity index (χ4v) is 3.04. The standard InChI is InChI=1S/C14H18Cl2N2OSi/c1-14(2,3)20(4,5)19-10-8-6-7-9-11(10)17-13(16)18-12(9)15/h6-8H,1-5H3. The Hall–Kier alpha value is -0.843. The van der Waals surface area contributed by atoms with Crippen LogP contribution < -0.4 is 4.43 Å². The van der Waals surface area contributed by atoms with Gasteiger partial charge >= 0.3 is 0 Å². The second-order valence-electron chi connectivity index (χ2n) is 6.30. The van der Waals surface area contributed by atoms with E-state index in [0.717, 1.165) is 11.1 Å². The first-order valence-electron chi connectivity index (χ1n) is 6.42. The Morgan fingerprint density at radius 3 is 2.35 bits per heavy atom. The molecule has 0 spiro atoms. The number of para-hydroxylation sites is 1. The molecule has 0 radical (unpaired) electrons. The molecule has 0 atom stereocenters. The SMILES string of the molecule is CC(C)(C)[Si](C)(C)Oc1cccc2c(Cl)nc(Cl)nc12. The smallest absolute Gasteiger partial charge is 0.250 e. The summed E-state index contributed by atoms with van der Waals surface area (Å²) in [5, 5.41) is 1.34. The lowest BCUT2D eigenvalue weighted by Crippen LogP contribution is -2.43. The maximum Gasteiger partial charge on any atom is 0.250 e. The van der Waals surface area contributed by atoms with E-state index in [1.165, 1.54) is 0 Å². The van der Waals surface area contributed by atoms with Crippen LogP contribution in [-0.4, -0.2) is 18.3 Å². The topological polar surface area (TPSA) is 35.0 Å². The lowest BCUT2D eigenvalue weighted by atomic mass is 10.2. The third kappa shape index (κ3) is 2.92. The molecule has 0 aliphatic rings. The van der Waals surface area contributed by atoms with Crippen molar-refractivity contribution in [2.45, 2.75) is 38.9 Å². The Morgan fingerprint density at radius 1 is 1.10 bits per heavy atom. The second kappa shape index (κ2) is 5.17. The number of rotatable bonds is 2. The molecule has 0 unspecified atom stereocenters. The Balaban J connectivity index is 2.56. The molecule has 6 heteroatoms. The van der Waals surface area contributed by atoms with Crippen molar-refractivity contribution in [2.75, 3.05) is 0 Å². The number of nitrogens with zero attached hydrogens (tertiary/aromatic N) is 2. The van der Waals surface area contributed by atoms with Crippen molar-refractivity contribution in [1.82, 2.24) is 9.97 Å². The molecule has 0 aliphatic heterocycles. The van der Waals surface area contributed by atoms with Crippen LogP contribution in [0.15, 0.2) is 18.2 Å². The number of hydrogen-bond acceptors (Lipinski definition) is 3. The van der Waals surface area contributed by atoms with Gasteiger partial charge in [0.25, 0.3) is 8.32 Å². The van der Waals surface area contributed by atoms with E-state index in [2.05, 4.69) is 43.8 Å². The van der Waals surface area contributed by atoms with Crippen molar-refractivity contribution in [3.05, 3.63) is 28.6 Å². The molecular formula is C14H18Cl2N2OSi. The van der Waals surface area contributed by atoms with Crippen LogP contribution in [0.5, 0.6) is 5.75 Å². The molecule has 0 amide bonds. The molecule has 2 aromatic rings. The highest BCUT2D eigenvalue weighted by Crippen LogP contribution is 2.39. The van der Waals surface area contributed by atoms with E-state index in [-0.39, 0.29) is 10.3 Å². The third-order valence-electron chi connectivity index (χ3n) is 3.79. The molecule has 2 rings (SSSR count). The van der Waals surface area contributed by atoms with Crippen LogP contribution in [-0.2, 0) is 0 Å². The average Bonchev–Trinajstić information content (AvgIpc) is 2.28. The summed E-state index contributed by atoms with van der Waals surface area (Å²) in [6.07, 6.45) is 0. The third-order valence-corrected chi connectivity index (χ3v) is 8.59. The van der Waals surface area contributed by atoms with Crippen molar-refractivity contribution in [1.29, 1.82) is 0 Å². The van der Waals surface area contributed by atoms with E-state index < -0.39 is 8.32 Å². The van der Waals surface area contributed by atoms with Crippen LogP contribution in [0.3, 0.4) is 0 Å². The normalized spacial score (nSPS) is 12.8. The Labute approximate surface area is 130 Å². The van der Waals surface area contributed by atoms with E-state index in [4.69, 9.17) is 27.6 Å². The lowest BCUT2D eigenvalue weighted by Gasteiger charge is -2.36. The van der Waals surface area contributed by atoms with Gasteiger partial charge in [0, 0.05) is 5.39 Å². The van der Waals surface area contributed by atoms with Gasteiger partial charge in [-0.2, -0.15) is 0 Å². The molecule has 0 fully saturated rings. The van der Waals surface area contributed by atoms with Crippen LogP contribution in [0, 0.1) is 0 Å². The molecule has 0 saturated heterocycles. The summed E-state index contributed by atoms with van der Waals surface area (Å²) in [5.74, 6) is 0.722. The van der Waals surface area contributed by atoms with Gasteiger partial charge in [-0.05, 0) is 41.9 Å². The molecule has 3 nitrogen and oxygen atoms in total. The van der Waals surface area contributed by atoms with Gasteiger partial charge in [-0.25, -0.2) is 9.97 Å². The molecule has 0 aliphatic carbocycles. The number of aromatic nitrogens is 2. The minimum absolute atomic E-state index is 0.107. The van der Waals surface area contributed by atoms with Gasteiger partial charge in [-0.1, -0.05) is 38.4 Å². The first-order chi connectivity index (χ1) is 9.12. The van der Waals surface area contributed by atoms with Crippen molar-refractivity contribution in [3.63, 3.8) is 0 Å². The average molecular weight is 329 g/mol. The van der Waals surface area contributed by atoms with Crippen molar-refractivity contribution >= 4 is 42.4 Å². The van der Waals surface area contributed by atoms with Crippen molar-refractivity contribution in [3.8, 4) is 5.75 Å². The molecular weight excluding hydrogens is 311 g/mol. The monoisotopic (exact) mass is 328 g/mol.